The molecule has 1 fully saturated rings. The number of hydrogen-bond donors (Lipinski definition) is 1. The van der Waals surface area contributed by atoms with Crippen molar-refractivity contribution in [1.82, 2.24) is 29.2 Å². The second kappa shape index (κ2) is 8.15. The number of aromatic amines is 1. The van der Waals surface area contributed by atoms with Crippen molar-refractivity contribution in [1.29, 1.82) is 0 Å². The lowest BCUT2D eigenvalue weighted by molar-refractivity contribution is -0.137. The summed E-state index contributed by atoms with van der Waals surface area (Å²) >= 11 is 0. The molecule has 0 unspecified atom stereocenters. The third kappa shape index (κ3) is 3.76. The molecule has 1 saturated heterocycles. The van der Waals surface area contributed by atoms with Gasteiger partial charge in [-0.15, -0.1) is 0 Å². The Hall–Kier alpha value is -3.89. The van der Waals surface area contributed by atoms with Crippen LogP contribution < -0.4 is 5.69 Å². The number of piperidine rings is 1. The van der Waals surface area contributed by atoms with Crippen LogP contribution in [-0.2, 0) is 6.18 Å². The number of likely N-dealkylation sites (tertiary alicyclic amines) is 1. The fourth-order valence-electron chi connectivity index (χ4n) is 4.46. The van der Waals surface area contributed by atoms with Gasteiger partial charge in [-0.05, 0) is 44.0 Å². The minimum Gasteiger partial charge on any atom is -0.338 e. The number of nitrogens with one attached hydrogen (secondary N) is 1. The van der Waals surface area contributed by atoms with Crippen LogP contribution in [0.3, 0.4) is 0 Å². The Balaban J connectivity index is 1.31. The Labute approximate surface area is 191 Å². The molecule has 0 bridgehead atoms. The molecule has 0 aliphatic carbocycles. The molecule has 3 aromatic heterocycles. The number of aromatic nitrogens is 5. The summed E-state index contributed by atoms with van der Waals surface area (Å²) in [6.07, 6.45) is -1.07. The molecule has 4 aromatic rings. The van der Waals surface area contributed by atoms with E-state index in [4.69, 9.17) is 0 Å². The van der Waals surface area contributed by atoms with E-state index in [-0.39, 0.29) is 23.5 Å². The highest BCUT2D eigenvalue weighted by atomic mass is 19.4. The highest BCUT2D eigenvalue weighted by Gasteiger charge is 2.31. The van der Waals surface area contributed by atoms with Gasteiger partial charge >= 0.3 is 11.9 Å². The average Bonchev–Trinajstić information content (AvgIpc) is 3.37. The maximum atomic E-state index is 13.2. The number of carbonyl (C=O) groups excluding carboxylic acids is 1. The molecular weight excluding hydrogens is 449 g/mol. The molecule has 0 radical (unpaired) electrons. The summed E-state index contributed by atoms with van der Waals surface area (Å²) in [5.41, 5.74) is 1.47. The van der Waals surface area contributed by atoms with Crippen LogP contribution in [0.1, 0.15) is 40.5 Å². The number of rotatable bonds is 3. The van der Waals surface area contributed by atoms with Crippen LogP contribution in [0, 0.1) is 6.92 Å². The lowest BCUT2D eigenvalue weighted by Crippen LogP contribution is -2.40. The fourth-order valence-corrected chi connectivity index (χ4v) is 4.46. The standard InChI is InChI=1S/C23H21F3N6O2/c1-14-17(13-28-32(14)20-7-6-15(12-27-20)23(24,25)26)21(33)30-10-8-16(9-11-30)31-19-5-3-2-4-18(19)29-22(31)34/h2-7,12-13,16H,8-11H2,1H3,(H,29,34). The lowest BCUT2D eigenvalue weighted by Gasteiger charge is -2.32. The average molecular weight is 470 g/mol. The van der Waals surface area contributed by atoms with Crippen LogP contribution in [0.5, 0.6) is 0 Å². The van der Waals surface area contributed by atoms with Gasteiger partial charge in [0.05, 0.1) is 34.1 Å². The van der Waals surface area contributed by atoms with Crippen molar-refractivity contribution in [2.75, 3.05) is 13.1 Å². The van der Waals surface area contributed by atoms with Gasteiger partial charge in [0.2, 0.25) is 0 Å². The Kier molecular flexibility index (Phi) is 5.26. The van der Waals surface area contributed by atoms with Crippen LogP contribution in [0.4, 0.5) is 13.2 Å². The third-order valence-corrected chi connectivity index (χ3v) is 6.27. The van der Waals surface area contributed by atoms with Crippen molar-refractivity contribution in [3.8, 4) is 5.82 Å². The molecule has 4 heterocycles. The number of pyridine rings is 1. The van der Waals surface area contributed by atoms with Gasteiger partial charge in [-0.25, -0.2) is 14.5 Å². The monoisotopic (exact) mass is 470 g/mol. The van der Waals surface area contributed by atoms with Gasteiger partial charge in [0.1, 0.15) is 0 Å². The highest BCUT2D eigenvalue weighted by Crippen LogP contribution is 2.29. The van der Waals surface area contributed by atoms with E-state index in [0.29, 0.717) is 37.2 Å². The zero-order valence-corrected chi connectivity index (χ0v) is 18.2. The number of H-pyrrole nitrogens is 1. The molecule has 1 aromatic carbocycles. The van der Waals surface area contributed by atoms with E-state index in [1.54, 1.807) is 16.4 Å². The topological polar surface area (TPSA) is 88.8 Å². The normalized spacial score (nSPS) is 15.2. The van der Waals surface area contributed by atoms with Crippen LogP contribution >= 0.6 is 0 Å². The SMILES string of the molecule is Cc1c(C(=O)N2CCC(n3c(=O)[nH]c4ccccc43)CC2)cnn1-c1ccc(C(F)(F)F)cn1. The largest absolute Gasteiger partial charge is 0.417 e. The summed E-state index contributed by atoms with van der Waals surface area (Å²) in [4.78, 5) is 34.1. The second-order valence-electron chi connectivity index (χ2n) is 8.30. The number of hydrogen-bond acceptors (Lipinski definition) is 4. The smallest absolute Gasteiger partial charge is 0.338 e. The molecular formula is C23H21F3N6O2. The van der Waals surface area contributed by atoms with E-state index in [1.165, 1.54) is 16.9 Å². The minimum atomic E-state index is -4.48. The first kappa shape index (κ1) is 21.9. The number of amides is 1. The van der Waals surface area contributed by atoms with Crippen molar-refractivity contribution < 1.29 is 18.0 Å². The van der Waals surface area contributed by atoms with Crippen molar-refractivity contribution >= 4 is 16.9 Å². The molecule has 8 nitrogen and oxygen atoms in total. The molecule has 0 saturated carbocycles. The molecule has 11 heteroatoms. The molecule has 1 amide bonds. The molecule has 5 rings (SSSR count). The van der Waals surface area contributed by atoms with E-state index in [0.717, 1.165) is 23.3 Å². The van der Waals surface area contributed by atoms with Gasteiger partial charge < -0.3 is 9.88 Å². The number of para-hydroxylation sites is 2. The molecule has 0 spiro atoms. The maximum Gasteiger partial charge on any atom is 0.417 e. The van der Waals surface area contributed by atoms with E-state index in [2.05, 4.69) is 15.1 Å². The number of benzene rings is 1. The number of nitrogens with zero attached hydrogens (tertiary/aromatic N) is 5. The Morgan fingerprint density at radius 2 is 1.82 bits per heavy atom. The van der Waals surface area contributed by atoms with Gasteiger partial charge in [-0.1, -0.05) is 12.1 Å². The summed E-state index contributed by atoms with van der Waals surface area (Å²) in [6.45, 7) is 2.62. The highest BCUT2D eigenvalue weighted by molar-refractivity contribution is 5.95. The molecule has 176 valence electrons. The van der Waals surface area contributed by atoms with Gasteiger partial charge in [0.15, 0.2) is 5.82 Å². The molecule has 1 N–H and O–H groups in total. The zero-order valence-electron chi connectivity index (χ0n) is 18.2. The van der Waals surface area contributed by atoms with E-state index < -0.39 is 11.7 Å². The Morgan fingerprint density at radius 1 is 1.09 bits per heavy atom. The van der Waals surface area contributed by atoms with Crippen LogP contribution in [0.15, 0.2) is 53.6 Å². The van der Waals surface area contributed by atoms with Crippen molar-refractivity contribution in [2.45, 2.75) is 32.0 Å². The molecule has 1 aliphatic rings. The van der Waals surface area contributed by atoms with Gasteiger partial charge in [-0.3, -0.25) is 9.36 Å². The number of imidazole rings is 1. The first-order chi connectivity index (χ1) is 16.2. The number of carbonyl (C=O) groups is 1. The first-order valence-corrected chi connectivity index (χ1v) is 10.8. The summed E-state index contributed by atoms with van der Waals surface area (Å²) in [5.74, 6) is -0.0117. The van der Waals surface area contributed by atoms with Crippen LogP contribution in [0.25, 0.3) is 16.9 Å². The van der Waals surface area contributed by atoms with Gasteiger partial charge in [-0.2, -0.15) is 18.3 Å². The fraction of sp³-hybridized carbons (Fsp3) is 0.304. The number of halogens is 3. The summed E-state index contributed by atoms with van der Waals surface area (Å²) in [6, 6.07) is 9.65. The predicted octanol–water partition coefficient (Wildman–Crippen LogP) is 3.71. The van der Waals surface area contributed by atoms with E-state index >= 15 is 0 Å². The first-order valence-electron chi connectivity index (χ1n) is 10.8. The predicted molar refractivity (Wildman–Crippen MR) is 118 cm³/mol. The van der Waals surface area contributed by atoms with Gasteiger partial charge in [0, 0.05) is 25.3 Å². The maximum absolute atomic E-state index is 13.2. The van der Waals surface area contributed by atoms with Crippen molar-refractivity contribution in [3.05, 3.63) is 76.1 Å². The Morgan fingerprint density at radius 3 is 2.50 bits per heavy atom. The number of alkyl halides is 3. The number of fused-ring (bicyclic) bond motifs is 1. The lowest BCUT2D eigenvalue weighted by atomic mass is 10.0. The quantitative estimate of drug-likeness (QED) is 0.494. The van der Waals surface area contributed by atoms with Gasteiger partial charge in [0.25, 0.3) is 5.91 Å². The van der Waals surface area contributed by atoms with E-state index in [1.807, 2.05) is 24.3 Å². The van der Waals surface area contributed by atoms with Crippen molar-refractivity contribution in [2.24, 2.45) is 0 Å². The second-order valence-corrected chi connectivity index (χ2v) is 8.30. The van der Waals surface area contributed by atoms with Crippen LogP contribution in [-0.4, -0.2) is 48.2 Å². The zero-order chi connectivity index (χ0) is 24.0. The van der Waals surface area contributed by atoms with E-state index in [9.17, 15) is 22.8 Å². The Bertz CT molecular complexity index is 1410. The minimum absolute atomic E-state index is 0.0205. The van der Waals surface area contributed by atoms with Crippen molar-refractivity contribution in [3.63, 3.8) is 0 Å². The summed E-state index contributed by atoms with van der Waals surface area (Å²) in [5, 5.41) is 4.17. The summed E-state index contributed by atoms with van der Waals surface area (Å²) in [7, 11) is 0. The van der Waals surface area contributed by atoms with Crippen LogP contribution in [0.2, 0.25) is 0 Å². The third-order valence-electron chi connectivity index (χ3n) is 6.27. The molecule has 1 aliphatic heterocycles. The molecule has 0 atom stereocenters. The summed E-state index contributed by atoms with van der Waals surface area (Å²) < 4.78 is 41.5. The molecule has 34 heavy (non-hydrogen) atoms.